The highest BCUT2D eigenvalue weighted by atomic mass is 16.1. The number of amides is 1. The predicted molar refractivity (Wildman–Crippen MR) is 48.5 cm³/mol. The van der Waals surface area contributed by atoms with Crippen LogP contribution in [0.15, 0.2) is 17.1 Å². The van der Waals surface area contributed by atoms with Crippen LogP contribution in [-0.2, 0) is 4.79 Å². The quantitative estimate of drug-likeness (QED) is 0.462. The molecule has 3 nitrogen and oxygen atoms in total. The fourth-order valence-corrected chi connectivity index (χ4v) is 0.390. The Morgan fingerprint density at radius 2 is 1.91 bits per heavy atom. The van der Waals surface area contributed by atoms with E-state index in [0.717, 1.165) is 0 Å². The molecule has 0 aliphatic carbocycles. The topological polar surface area (TPSA) is 55.4 Å². The number of hydrogen-bond donors (Lipinski definition) is 1. The van der Waals surface area contributed by atoms with E-state index in [-0.39, 0.29) is 11.7 Å². The number of carbonyl (C=O) groups is 1. The van der Waals surface area contributed by atoms with Crippen LogP contribution in [-0.4, -0.2) is 11.7 Å². The van der Waals surface area contributed by atoms with Crippen molar-refractivity contribution >= 4 is 11.7 Å². The molecule has 11 heavy (non-hydrogen) atoms. The molecule has 0 fully saturated rings. The Morgan fingerprint density at radius 1 is 1.45 bits per heavy atom. The standard InChI is InChI=1S/C6H10N2O.C2H6/c1-3-4-6(7)8-5(2)9;1-2/h3-4H,1-2H3,(H2,7,8,9);1-2H3/b4-3-;. The minimum absolute atomic E-state index is 0.255. The van der Waals surface area contributed by atoms with Crippen LogP contribution in [0.25, 0.3) is 0 Å². The predicted octanol–water partition coefficient (Wildman–Crippen LogP) is 1.49. The third-order valence-electron chi connectivity index (χ3n) is 0.624. The van der Waals surface area contributed by atoms with Crippen molar-refractivity contribution in [2.24, 2.45) is 10.7 Å². The van der Waals surface area contributed by atoms with Gasteiger partial charge in [-0.25, -0.2) is 0 Å². The molecule has 0 rings (SSSR count). The van der Waals surface area contributed by atoms with Crippen LogP contribution in [0.1, 0.15) is 27.7 Å². The zero-order valence-electron chi connectivity index (χ0n) is 7.59. The van der Waals surface area contributed by atoms with Gasteiger partial charge in [-0.05, 0) is 13.0 Å². The van der Waals surface area contributed by atoms with E-state index in [1.807, 2.05) is 20.8 Å². The molecule has 3 heteroatoms. The Labute approximate surface area is 68.0 Å². The van der Waals surface area contributed by atoms with E-state index in [2.05, 4.69) is 4.99 Å². The normalized spacial score (nSPS) is 10.7. The summed E-state index contributed by atoms with van der Waals surface area (Å²) in [6.45, 7) is 7.17. The van der Waals surface area contributed by atoms with Gasteiger partial charge in [0.25, 0.3) is 0 Å². The molecule has 1 amide bonds. The van der Waals surface area contributed by atoms with Crippen molar-refractivity contribution in [3.8, 4) is 0 Å². The largest absolute Gasteiger partial charge is 0.384 e. The van der Waals surface area contributed by atoms with Crippen molar-refractivity contribution in [3.63, 3.8) is 0 Å². The fourth-order valence-electron chi connectivity index (χ4n) is 0.390. The second-order valence-electron chi connectivity index (χ2n) is 1.56. The maximum absolute atomic E-state index is 10.2. The van der Waals surface area contributed by atoms with Crippen LogP contribution in [0, 0.1) is 0 Å². The summed E-state index contributed by atoms with van der Waals surface area (Å²) in [6, 6.07) is 0. The number of hydrogen-bond acceptors (Lipinski definition) is 1. The zero-order chi connectivity index (χ0) is 9.28. The number of allylic oxidation sites excluding steroid dienone is 1. The molecule has 0 aromatic rings. The minimum Gasteiger partial charge on any atom is -0.384 e. The van der Waals surface area contributed by atoms with Crippen molar-refractivity contribution < 1.29 is 4.79 Å². The van der Waals surface area contributed by atoms with Gasteiger partial charge < -0.3 is 5.73 Å². The van der Waals surface area contributed by atoms with E-state index < -0.39 is 0 Å². The van der Waals surface area contributed by atoms with Crippen LogP contribution in [0.3, 0.4) is 0 Å². The molecule has 64 valence electrons. The van der Waals surface area contributed by atoms with Gasteiger partial charge in [-0.3, -0.25) is 4.79 Å². The average Bonchev–Trinajstić information content (AvgIpc) is 1.91. The van der Waals surface area contributed by atoms with Crippen molar-refractivity contribution in [2.75, 3.05) is 0 Å². The number of nitrogens with zero attached hydrogens (tertiary/aromatic N) is 1. The molecule has 0 atom stereocenters. The van der Waals surface area contributed by atoms with Gasteiger partial charge in [0, 0.05) is 6.92 Å². The summed E-state index contributed by atoms with van der Waals surface area (Å²) in [6.07, 6.45) is 3.29. The monoisotopic (exact) mass is 156 g/mol. The van der Waals surface area contributed by atoms with Gasteiger partial charge in [0.15, 0.2) is 0 Å². The number of aliphatic imine (C=N–C) groups is 1. The average molecular weight is 156 g/mol. The molecular weight excluding hydrogens is 140 g/mol. The van der Waals surface area contributed by atoms with Crippen LogP contribution < -0.4 is 5.73 Å². The lowest BCUT2D eigenvalue weighted by atomic mass is 10.5. The van der Waals surface area contributed by atoms with Gasteiger partial charge >= 0.3 is 0 Å². The summed E-state index contributed by atoms with van der Waals surface area (Å²) in [5.41, 5.74) is 5.23. The zero-order valence-corrected chi connectivity index (χ0v) is 7.59. The molecule has 0 aromatic heterocycles. The highest BCUT2D eigenvalue weighted by Gasteiger charge is 1.85. The van der Waals surface area contributed by atoms with E-state index in [4.69, 9.17) is 5.73 Å². The van der Waals surface area contributed by atoms with Gasteiger partial charge in [-0.1, -0.05) is 19.9 Å². The summed E-state index contributed by atoms with van der Waals surface area (Å²) in [5, 5.41) is 0. The smallest absolute Gasteiger partial charge is 0.244 e. The lowest BCUT2D eigenvalue weighted by Gasteiger charge is -1.85. The van der Waals surface area contributed by atoms with Gasteiger partial charge in [0.05, 0.1) is 0 Å². The van der Waals surface area contributed by atoms with Crippen LogP contribution >= 0.6 is 0 Å². The molecule has 0 saturated heterocycles. The Kier molecular flexibility index (Phi) is 10.1. The van der Waals surface area contributed by atoms with E-state index in [1.165, 1.54) is 6.92 Å². The first-order chi connectivity index (χ1) is 5.16. The minimum atomic E-state index is -0.273. The van der Waals surface area contributed by atoms with Crippen LogP contribution in [0.4, 0.5) is 0 Å². The van der Waals surface area contributed by atoms with Gasteiger partial charge in [-0.15, -0.1) is 0 Å². The van der Waals surface area contributed by atoms with Crippen molar-refractivity contribution in [2.45, 2.75) is 27.7 Å². The van der Waals surface area contributed by atoms with Crippen LogP contribution in [0.5, 0.6) is 0 Å². The Balaban J connectivity index is 0. The summed E-state index contributed by atoms with van der Waals surface area (Å²) in [4.78, 5) is 13.7. The van der Waals surface area contributed by atoms with E-state index in [0.29, 0.717) is 0 Å². The highest BCUT2D eigenvalue weighted by Crippen LogP contribution is 1.75. The number of nitrogens with two attached hydrogens (primary N) is 1. The molecule has 0 radical (unpaired) electrons. The van der Waals surface area contributed by atoms with E-state index >= 15 is 0 Å². The van der Waals surface area contributed by atoms with Gasteiger partial charge in [0.2, 0.25) is 5.91 Å². The Bertz CT molecular complexity index is 159. The van der Waals surface area contributed by atoms with Crippen molar-refractivity contribution in [3.05, 3.63) is 12.2 Å². The first-order valence-electron chi connectivity index (χ1n) is 3.64. The van der Waals surface area contributed by atoms with E-state index in [1.54, 1.807) is 12.2 Å². The van der Waals surface area contributed by atoms with Crippen molar-refractivity contribution in [1.82, 2.24) is 0 Å². The van der Waals surface area contributed by atoms with Crippen molar-refractivity contribution in [1.29, 1.82) is 0 Å². The molecular formula is C8H16N2O. The summed E-state index contributed by atoms with van der Waals surface area (Å²) >= 11 is 0. The molecule has 2 N–H and O–H groups in total. The molecule has 0 unspecified atom stereocenters. The molecule has 0 saturated carbocycles. The lowest BCUT2D eigenvalue weighted by Crippen LogP contribution is -2.09. The highest BCUT2D eigenvalue weighted by molar-refractivity contribution is 5.99. The first-order valence-corrected chi connectivity index (χ1v) is 3.64. The summed E-state index contributed by atoms with van der Waals surface area (Å²) in [5.74, 6) is -0.0180. The third kappa shape index (κ3) is 12.2. The third-order valence-corrected chi connectivity index (χ3v) is 0.624. The number of amidine groups is 1. The second kappa shape index (κ2) is 8.88. The molecule has 0 aliphatic rings. The Morgan fingerprint density at radius 3 is 2.18 bits per heavy atom. The maximum Gasteiger partial charge on any atom is 0.244 e. The fraction of sp³-hybridized carbons (Fsp3) is 0.500. The summed E-state index contributed by atoms with van der Waals surface area (Å²) < 4.78 is 0. The number of carbonyl (C=O) groups excluding carboxylic acids is 1. The second-order valence-corrected chi connectivity index (χ2v) is 1.56. The molecule has 0 spiro atoms. The maximum atomic E-state index is 10.2. The van der Waals surface area contributed by atoms with E-state index in [9.17, 15) is 4.79 Å². The van der Waals surface area contributed by atoms with Crippen LogP contribution in [0.2, 0.25) is 0 Å². The molecule has 0 bridgehead atoms. The molecule has 0 aromatic carbocycles. The first kappa shape index (κ1) is 12.5. The Hall–Kier alpha value is -1.12. The lowest BCUT2D eigenvalue weighted by molar-refractivity contribution is -0.115. The molecule has 0 aliphatic heterocycles. The number of rotatable bonds is 1. The summed E-state index contributed by atoms with van der Waals surface area (Å²) in [7, 11) is 0. The molecule has 0 heterocycles. The SMILES string of the molecule is C/C=C\C(N)=NC(C)=O.CC. The van der Waals surface area contributed by atoms with Gasteiger partial charge in [0.1, 0.15) is 5.84 Å². The van der Waals surface area contributed by atoms with Gasteiger partial charge in [-0.2, -0.15) is 4.99 Å².